The number of aliphatic carboxylic acids is 1. The average molecular weight is 266 g/mol. The van der Waals surface area contributed by atoms with Crippen LogP contribution in [0.2, 0.25) is 0 Å². The summed E-state index contributed by atoms with van der Waals surface area (Å²) in [7, 11) is 0. The first-order valence-corrected chi connectivity index (χ1v) is 5.92. The summed E-state index contributed by atoms with van der Waals surface area (Å²) >= 11 is 0. The van der Waals surface area contributed by atoms with Crippen LogP contribution < -0.4 is 5.73 Å². The average Bonchev–Trinajstić information content (AvgIpc) is 2.76. The van der Waals surface area contributed by atoms with Gasteiger partial charge in [0, 0.05) is 13.1 Å². The van der Waals surface area contributed by atoms with Gasteiger partial charge in [0.25, 0.3) is 5.91 Å². The van der Waals surface area contributed by atoms with Crippen LogP contribution in [0.3, 0.4) is 0 Å². The molecule has 3 N–H and O–H groups in total. The Morgan fingerprint density at radius 1 is 1.47 bits per heavy atom. The molecule has 1 unspecified atom stereocenters. The van der Waals surface area contributed by atoms with Gasteiger partial charge in [-0.3, -0.25) is 9.59 Å². The van der Waals surface area contributed by atoms with E-state index in [1.807, 2.05) is 0 Å². The van der Waals surface area contributed by atoms with E-state index >= 15 is 0 Å². The minimum Gasteiger partial charge on any atom is -0.481 e. The SMILES string of the molecule is CC1(C(=O)O)CCN(C(=O)c2cccc(F)c2N)C1. The molecule has 19 heavy (non-hydrogen) atoms. The van der Waals surface area contributed by atoms with Crippen molar-refractivity contribution in [2.75, 3.05) is 18.8 Å². The maximum atomic E-state index is 13.3. The normalized spacial score (nSPS) is 22.5. The monoisotopic (exact) mass is 266 g/mol. The van der Waals surface area contributed by atoms with Crippen molar-refractivity contribution in [2.45, 2.75) is 13.3 Å². The number of carbonyl (C=O) groups excluding carboxylic acids is 1. The number of nitrogen functional groups attached to an aromatic ring is 1. The van der Waals surface area contributed by atoms with E-state index in [1.165, 1.54) is 23.1 Å². The second-order valence-electron chi connectivity index (χ2n) is 5.04. The van der Waals surface area contributed by atoms with Crippen molar-refractivity contribution in [3.63, 3.8) is 0 Å². The van der Waals surface area contributed by atoms with Crippen LogP contribution in [-0.4, -0.2) is 35.0 Å². The standard InChI is InChI=1S/C13H15FN2O3/c1-13(12(18)19)5-6-16(7-13)11(17)8-3-2-4-9(14)10(8)15/h2-4H,5-7,15H2,1H3,(H,18,19). The van der Waals surface area contributed by atoms with Crippen molar-refractivity contribution in [2.24, 2.45) is 5.41 Å². The molecule has 1 amide bonds. The van der Waals surface area contributed by atoms with E-state index in [-0.39, 0.29) is 17.8 Å². The fourth-order valence-corrected chi connectivity index (χ4v) is 2.20. The van der Waals surface area contributed by atoms with Crippen molar-refractivity contribution < 1.29 is 19.1 Å². The lowest BCUT2D eigenvalue weighted by molar-refractivity contribution is -0.147. The van der Waals surface area contributed by atoms with Gasteiger partial charge in [-0.25, -0.2) is 4.39 Å². The van der Waals surface area contributed by atoms with Crippen LogP contribution >= 0.6 is 0 Å². The number of likely N-dealkylation sites (tertiary alicyclic amines) is 1. The third-order valence-electron chi connectivity index (χ3n) is 3.56. The summed E-state index contributed by atoms with van der Waals surface area (Å²) in [6, 6.07) is 4.03. The Morgan fingerprint density at radius 2 is 2.16 bits per heavy atom. The Hall–Kier alpha value is -2.11. The Morgan fingerprint density at radius 3 is 2.74 bits per heavy atom. The molecule has 1 aliphatic heterocycles. The quantitative estimate of drug-likeness (QED) is 0.791. The highest BCUT2D eigenvalue weighted by molar-refractivity contribution is 5.99. The third kappa shape index (κ3) is 2.25. The number of carboxylic acids is 1. The van der Waals surface area contributed by atoms with Crippen LogP contribution in [0.5, 0.6) is 0 Å². The molecule has 0 aromatic heterocycles. The summed E-state index contributed by atoms with van der Waals surface area (Å²) in [6.07, 6.45) is 0.378. The number of hydrogen-bond acceptors (Lipinski definition) is 3. The summed E-state index contributed by atoms with van der Waals surface area (Å²) in [5.74, 6) is -2.01. The minimum absolute atomic E-state index is 0.0784. The number of amides is 1. The number of rotatable bonds is 2. The molecule has 0 saturated carbocycles. The molecule has 1 aromatic rings. The molecule has 1 aromatic carbocycles. The van der Waals surface area contributed by atoms with Gasteiger partial charge >= 0.3 is 5.97 Å². The highest BCUT2D eigenvalue weighted by Crippen LogP contribution is 2.31. The predicted molar refractivity (Wildman–Crippen MR) is 67.1 cm³/mol. The molecule has 1 fully saturated rings. The van der Waals surface area contributed by atoms with Crippen molar-refractivity contribution in [1.29, 1.82) is 0 Å². The Balaban J connectivity index is 2.23. The third-order valence-corrected chi connectivity index (χ3v) is 3.56. The van der Waals surface area contributed by atoms with Gasteiger partial charge in [-0.05, 0) is 25.5 Å². The number of halogens is 1. The first kappa shape index (κ1) is 13.3. The summed E-state index contributed by atoms with van der Waals surface area (Å²) in [5.41, 5.74) is 4.47. The zero-order valence-electron chi connectivity index (χ0n) is 10.5. The summed E-state index contributed by atoms with van der Waals surface area (Å²) in [6.45, 7) is 2.03. The van der Waals surface area contributed by atoms with Gasteiger partial charge in [0.15, 0.2) is 0 Å². The minimum atomic E-state index is -0.947. The van der Waals surface area contributed by atoms with E-state index in [1.54, 1.807) is 6.92 Å². The van der Waals surface area contributed by atoms with E-state index in [4.69, 9.17) is 10.8 Å². The topological polar surface area (TPSA) is 83.6 Å². The molecule has 0 radical (unpaired) electrons. The lowest BCUT2D eigenvalue weighted by Gasteiger charge is -2.20. The molecule has 1 saturated heterocycles. The molecule has 2 rings (SSSR count). The Bertz CT molecular complexity index is 547. The van der Waals surface area contributed by atoms with E-state index in [0.717, 1.165) is 0 Å². The van der Waals surface area contributed by atoms with Crippen molar-refractivity contribution in [1.82, 2.24) is 4.90 Å². The molecular formula is C13H15FN2O3. The highest BCUT2D eigenvalue weighted by Gasteiger charge is 2.42. The van der Waals surface area contributed by atoms with E-state index < -0.39 is 23.1 Å². The maximum absolute atomic E-state index is 13.3. The number of para-hydroxylation sites is 1. The molecule has 1 atom stereocenters. The summed E-state index contributed by atoms with van der Waals surface area (Å²) in [4.78, 5) is 24.7. The number of hydrogen-bond donors (Lipinski definition) is 2. The number of anilines is 1. The van der Waals surface area contributed by atoms with Gasteiger partial charge in [-0.1, -0.05) is 6.07 Å². The van der Waals surface area contributed by atoms with Crippen molar-refractivity contribution in [3.8, 4) is 0 Å². The molecule has 1 aliphatic rings. The van der Waals surface area contributed by atoms with Crippen LogP contribution in [0, 0.1) is 11.2 Å². The number of carboxylic acid groups (broad SMARTS) is 1. The van der Waals surface area contributed by atoms with E-state index in [0.29, 0.717) is 13.0 Å². The molecule has 0 bridgehead atoms. The van der Waals surface area contributed by atoms with Crippen LogP contribution in [0.15, 0.2) is 18.2 Å². The van der Waals surface area contributed by atoms with E-state index in [9.17, 15) is 14.0 Å². The number of benzene rings is 1. The van der Waals surface area contributed by atoms with Gasteiger partial charge in [0.05, 0.1) is 16.7 Å². The maximum Gasteiger partial charge on any atom is 0.311 e. The molecule has 0 aliphatic carbocycles. The molecule has 102 valence electrons. The van der Waals surface area contributed by atoms with Gasteiger partial charge in [0.1, 0.15) is 5.82 Å². The molecule has 1 heterocycles. The van der Waals surface area contributed by atoms with Gasteiger partial charge < -0.3 is 15.7 Å². The smallest absolute Gasteiger partial charge is 0.311 e. The molecule has 0 spiro atoms. The first-order valence-electron chi connectivity index (χ1n) is 5.92. The van der Waals surface area contributed by atoms with Crippen LogP contribution in [0.1, 0.15) is 23.7 Å². The number of nitrogens with two attached hydrogens (primary N) is 1. The lowest BCUT2D eigenvalue weighted by Crippen LogP contribution is -2.35. The van der Waals surface area contributed by atoms with Crippen LogP contribution in [0.4, 0.5) is 10.1 Å². The lowest BCUT2D eigenvalue weighted by atomic mass is 9.90. The Labute approximate surface area is 109 Å². The fourth-order valence-electron chi connectivity index (χ4n) is 2.20. The zero-order valence-corrected chi connectivity index (χ0v) is 10.5. The molecule has 6 heteroatoms. The Kier molecular flexibility index (Phi) is 3.18. The summed E-state index contributed by atoms with van der Waals surface area (Å²) in [5, 5.41) is 9.12. The predicted octanol–water partition coefficient (Wildman–Crippen LogP) is 1.34. The molecule has 5 nitrogen and oxygen atoms in total. The molecular weight excluding hydrogens is 251 g/mol. The van der Waals surface area contributed by atoms with Gasteiger partial charge in [-0.15, -0.1) is 0 Å². The van der Waals surface area contributed by atoms with Crippen LogP contribution in [0.25, 0.3) is 0 Å². The van der Waals surface area contributed by atoms with Crippen molar-refractivity contribution >= 4 is 17.6 Å². The summed E-state index contributed by atoms with van der Waals surface area (Å²) < 4.78 is 13.3. The fraction of sp³-hybridized carbons (Fsp3) is 0.385. The van der Waals surface area contributed by atoms with E-state index in [2.05, 4.69) is 0 Å². The first-order chi connectivity index (χ1) is 8.85. The number of carbonyl (C=O) groups is 2. The number of nitrogens with zero attached hydrogens (tertiary/aromatic N) is 1. The van der Waals surface area contributed by atoms with Crippen LogP contribution in [-0.2, 0) is 4.79 Å². The largest absolute Gasteiger partial charge is 0.481 e. The van der Waals surface area contributed by atoms with Crippen molar-refractivity contribution in [3.05, 3.63) is 29.6 Å². The zero-order chi connectivity index (χ0) is 14.2. The van der Waals surface area contributed by atoms with Gasteiger partial charge in [-0.2, -0.15) is 0 Å². The second kappa shape index (κ2) is 4.53. The highest BCUT2D eigenvalue weighted by atomic mass is 19.1. The van der Waals surface area contributed by atoms with Gasteiger partial charge in [0.2, 0.25) is 0 Å². The second-order valence-corrected chi connectivity index (χ2v) is 5.04.